The van der Waals surface area contributed by atoms with Crippen molar-refractivity contribution in [2.75, 3.05) is 13.6 Å². The van der Waals surface area contributed by atoms with Crippen molar-refractivity contribution in [2.45, 2.75) is 25.3 Å². The Morgan fingerprint density at radius 3 is 2.78 bits per heavy atom. The highest BCUT2D eigenvalue weighted by atomic mass is 16.1. The van der Waals surface area contributed by atoms with Gasteiger partial charge in [0.1, 0.15) is 6.29 Å². The van der Waals surface area contributed by atoms with Crippen LogP contribution >= 0.6 is 0 Å². The lowest BCUT2D eigenvalue weighted by molar-refractivity contribution is -0.112. The summed E-state index contributed by atoms with van der Waals surface area (Å²) >= 11 is 0. The van der Waals surface area contributed by atoms with Crippen LogP contribution in [-0.2, 0) is 4.79 Å². The lowest BCUT2D eigenvalue weighted by Gasteiger charge is -2.27. The molecule has 1 fully saturated rings. The first kappa shape index (κ1) is 6.75. The van der Waals surface area contributed by atoms with Gasteiger partial charge < -0.3 is 4.79 Å². The predicted molar refractivity (Wildman–Crippen MR) is 36.3 cm³/mol. The van der Waals surface area contributed by atoms with Crippen LogP contribution in [0.5, 0.6) is 0 Å². The van der Waals surface area contributed by atoms with Crippen LogP contribution in [0.1, 0.15) is 19.3 Å². The molecule has 1 saturated heterocycles. The highest BCUT2D eigenvalue weighted by Crippen LogP contribution is 2.12. The summed E-state index contributed by atoms with van der Waals surface area (Å²) in [6.45, 7) is 1.09. The molecule has 0 spiro atoms. The fraction of sp³-hybridized carbons (Fsp3) is 0.857. The maximum Gasteiger partial charge on any atom is 0.137 e. The molecule has 0 aromatic rings. The van der Waals surface area contributed by atoms with Crippen LogP contribution in [0, 0.1) is 0 Å². The molecule has 0 radical (unpaired) electrons. The van der Waals surface area contributed by atoms with Crippen molar-refractivity contribution in [3.8, 4) is 0 Å². The molecule has 1 aliphatic heterocycles. The van der Waals surface area contributed by atoms with Gasteiger partial charge in [0, 0.05) is 0 Å². The molecule has 2 heteroatoms. The van der Waals surface area contributed by atoms with Gasteiger partial charge in [-0.1, -0.05) is 6.42 Å². The summed E-state index contributed by atoms with van der Waals surface area (Å²) in [7, 11) is 2.01. The van der Waals surface area contributed by atoms with E-state index in [1.54, 1.807) is 0 Å². The molecule has 0 bridgehead atoms. The van der Waals surface area contributed by atoms with Gasteiger partial charge in [0.25, 0.3) is 0 Å². The number of piperidine rings is 1. The Bertz CT molecular complexity index is 103. The standard InChI is InChI=1S/C7H13NO/c1-8-5-3-2-4-7(8)6-9/h6-7H,2-5H2,1H3/t7-/m0/s1. The van der Waals surface area contributed by atoms with E-state index in [4.69, 9.17) is 0 Å². The molecule has 0 aliphatic carbocycles. The number of carbonyl (C=O) groups is 1. The quantitative estimate of drug-likeness (QED) is 0.482. The molecule has 0 aromatic carbocycles. The second-order valence-corrected chi connectivity index (χ2v) is 2.68. The van der Waals surface area contributed by atoms with E-state index in [9.17, 15) is 4.79 Å². The molecule has 1 atom stereocenters. The maximum atomic E-state index is 10.3. The minimum Gasteiger partial charge on any atom is -0.302 e. The molecule has 52 valence electrons. The van der Waals surface area contributed by atoms with Crippen LogP contribution in [0.15, 0.2) is 0 Å². The second kappa shape index (κ2) is 2.97. The Kier molecular flexibility index (Phi) is 2.22. The van der Waals surface area contributed by atoms with E-state index in [1.165, 1.54) is 12.8 Å². The zero-order chi connectivity index (χ0) is 6.69. The first-order valence-electron chi connectivity index (χ1n) is 3.50. The highest BCUT2D eigenvalue weighted by Gasteiger charge is 2.16. The molecule has 2 nitrogen and oxygen atoms in total. The average Bonchev–Trinajstić information content (AvgIpc) is 1.89. The third-order valence-corrected chi connectivity index (χ3v) is 1.98. The van der Waals surface area contributed by atoms with Crippen molar-refractivity contribution in [3.05, 3.63) is 0 Å². The lowest BCUT2D eigenvalue weighted by Crippen LogP contribution is -2.37. The Morgan fingerprint density at radius 2 is 2.33 bits per heavy atom. The SMILES string of the molecule is CN1CCCC[C@H]1C=O. The van der Waals surface area contributed by atoms with Gasteiger partial charge in [0.05, 0.1) is 6.04 Å². The number of aldehydes is 1. The van der Waals surface area contributed by atoms with E-state index in [0.29, 0.717) is 0 Å². The number of nitrogens with zero attached hydrogens (tertiary/aromatic N) is 1. The minimum absolute atomic E-state index is 0.207. The Morgan fingerprint density at radius 1 is 1.56 bits per heavy atom. The van der Waals surface area contributed by atoms with E-state index >= 15 is 0 Å². The van der Waals surface area contributed by atoms with Crippen LogP contribution in [-0.4, -0.2) is 30.8 Å². The van der Waals surface area contributed by atoms with Gasteiger partial charge in [-0.25, -0.2) is 0 Å². The summed E-state index contributed by atoms with van der Waals surface area (Å²) in [5, 5.41) is 0. The number of rotatable bonds is 1. The van der Waals surface area contributed by atoms with Crippen LogP contribution in [0.4, 0.5) is 0 Å². The number of carbonyl (C=O) groups excluding carboxylic acids is 1. The number of hydrogen-bond donors (Lipinski definition) is 0. The summed E-state index contributed by atoms with van der Waals surface area (Å²) in [6.07, 6.45) is 4.58. The van der Waals surface area contributed by atoms with Gasteiger partial charge in [-0.3, -0.25) is 4.90 Å². The summed E-state index contributed by atoms with van der Waals surface area (Å²) in [6, 6.07) is 0.207. The van der Waals surface area contributed by atoms with E-state index in [1.807, 2.05) is 7.05 Å². The van der Waals surface area contributed by atoms with Gasteiger partial charge >= 0.3 is 0 Å². The molecular weight excluding hydrogens is 114 g/mol. The van der Waals surface area contributed by atoms with Crippen LogP contribution in [0.25, 0.3) is 0 Å². The molecule has 9 heavy (non-hydrogen) atoms. The van der Waals surface area contributed by atoms with Crippen molar-refractivity contribution in [3.63, 3.8) is 0 Å². The van der Waals surface area contributed by atoms with E-state index in [-0.39, 0.29) is 6.04 Å². The van der Waals surface area contributed by atoms with Crippen molar-refractivity contribution in [1.82, 2.24) is 4.90 Å². The van der Waals surface area contributed by atoms with Crippen LogP contribution in [0.2, 0.25) is 0 Å². The molecule has 1 heterocycles. The van der Waals surface area contributed by atoms with Gasteiger partial charge in [-0.2, -0.15) is 0 Å². The molecule has 0 aromatic heterocycles. The summed E-state index contributed by atoms with van der Waals surface area (Å²) in [5.41, 5.74) is 0. The summed E-state index contributed by atoms with van der Waals surface area (Å²) in [4.78, 5) is 12.5. The maximum absolute atomic E-state index is 10.3. The predicted octanol–water partition coefficient (Wildman–Crippen LogP) is 0.670. The third kappa shape index (κ3) is 1.52. The molecular formula is C7H13NO. The Labute approximate surface area is 55.8 Å². The van der Waals surface area contributed by atoms with Crippen molar-refractivity contribution in [2.24, 2.45) is 0 Å². The Hall–Kier alpha value is -0.370. The normalized spacial score (nSPS) is 30.1. The summed E-state index contributed by atoms with van der Waals surface area (Å²) in [5.74, 6) is 0. The average molecular weight is 127 g/mol. The largest absolute Gasteiger partial charge is 0.302 e. The van der Waals surface area contributed by atoms with Gasteiger partial charge in [0.2, 0.25) is 0 Å². The zero-order valence-corrected chi connectivity index (χ0v) is 5.84. The monoisotopic (exact) mass is 127 g/mol. The number of likely N-dealkylation sites (tertiary alicyclic amines) is 1. The van der Waals surface area contributed by atoms with Gasteiger partial charge in [-0.15, -0.1) is 0 Å². The molecule has 0 unspecified atom stereocenters. The second-order valence-electron chi connectivity index (χ2n) is 2.68. The lowest BCUT2D eigenvalue weighted by atomic mass is 10.0. The van der Waals surface area contributed by atoms with E-state index in [2.05, 4.69) is 4.90 Å². The van der Waals surface area contributed by atoms with Gasteiger partial charge in [-0.05, 0) is 26.4 Å². The van der Waals surface area contributed by atoms with Crippen LogP contribution < -0.4 is 0 Å². The fourth-order valence-corrected chi connectivity index (χ4v) is 1.27. The third-order valence-electron chi connectivity index (χ3n) is 1.98. The van der Waals surface area contributed by atoms with E-state index in [0.717, 1.165) is 19.3 Å². The molecule has 0 amide bonds. The summed E-state index contributed by atoms with van der Waals surface area (Å²) < 4.78 is 0. The molecule has 0 N–H and O–H groups in total. The highest BCUT2D eigenvalue weighted by molar-refractivity contribution is 5.57. The molecule has 1 rings (SSSR count). The minimum atomic E-state index is 0.207. The van der Waals surface area contributed by atoms with Crippen molar-refractivity contribution in [1.29, 1.82) is 0 Å². The Balaban J connectivity index is 2.38. The number of likely N-dealkylation sites (N-methyl/N-ethyl adjacent to an activating group) is 1. The topological polar surface area (TPSA) is 20.3 Å². The van der Waals surface area contributed by atoms with Crippen molar-refractivity contribution >= 4 is 6.29 Å². The van der Waals surface area contributed by atoms with Gasteiger partial charge in [0.15, 0.2) is 0 Å². The zero-order valence-electron chi connectivity index (χ0n) is 5.84. The van der Waals surface area contributed by atoms with Crippen molar-refractivity contribution < 1.29 is 4.79 Å². The van der Waals surface area contributed by atoms with Crippen LogP contribution in [0.3, 0.4) is 0 Å². The molecule has 1 aliphatic rings. The first-order valence-corrected chi connectivity index (χ1v) is 3.50. The first-order chi connectivity index (χ1) is 4.34. The smallest absolute Gasteiger partial charge is 0.137 e. The fourth-order valence-electron chi connectivity index (χ4n) is 1.27. The molecule has 0 saturated carbocycles. The van der Waals surface area contributed by atoms with E-state index < -0.39 is 0 Å². The number of hydrogen-bond acceptors (Lipinski definition) is 2.